The van der Waals surface area contributed by atoms with Gasteiger partial charge in [0.25, 0.3) is 0 Å². The average molecular weight is 298 g/mol. The van der Waals surface area contributed by atoms with Crippen LogP contribution in [0.1, 0.15) is 22.7 Å². The van der Waals surface area contributed by atoms with Gasteiger partial charge in [-0.3, -0.25) is 0 Å². The largest absolute Gasteiger partial charge is 0.378 e. The summed E-state index contributed by atoms with van der Waals surface area (Å²) >= 11 is 0. The highest BCUT2D eigenvalue weighted by Gasteiger charge is 2.14. The first-order valence-electron chi connectivity index (χ1n) is 7.71. The van der Waals surface area contributed by atoms with Crippen molar-refractivity contribution in [2.45, 2.75) is 12.5 Å². The first-order valence-corrected chi connectivity index (χ1v) is 7.71. The summed E-state index contributed by atoms with van der Waals surface area (Å²) in [6.07, 6.45) is 0.767. The van der Waals surface area contributed by atoms with Crippen LogP contribution in [0.3, 0.4) is 0 Å². The van der Waals surface area contributed by atoms with E-state index in [-0.39, 0.29) is 6.04 Å². The lowest BCUT2D eigenvalue weighted by atomic mass is 9.95. The van der Waals surface area contributed by atoms with Crippen LogP contribution in [0.4, 0.5) is 5.69 Å². The van der Waals surface area contributed by atoms with Crippen molar-refractivity contribution >= 4 is 5.69 Å². The fourth-order valence-electron chi connectivity index (χ4n) is 2.70. The van der Waals surface area contributed by atoms with Gasteiger partial charge in [0.1, 0.15) is 0 Å². The van der Waals surface area contributed by atoms with Crippen molar-refractivity contribution in [2.75, 3.05) is 5.32 Å². The predicted octanol–water partition coefficient (Wildman–Crippen LogP) is 4.95. The molecule has 112 valence electrons. The first kappa shape index (κ1) is 14.9. The molecule has 0 aliphatic carbocycles. The molecule has 1 unspecified atom stereocenters. The van der Waals surface area contributed by atoms with Crippen molar-refractivity contribution in [3.05, 3.63) is 102 Å². The summed E-state index contributed by atoms with van der Waals surface area (Å²) in [5.74, 6) is 0. The van der Waals surface area contributed by atoms with Crippen LogP contribution in [0.5, 0.6) is 0 Å². The van der Waals surface area contributed by atoms with Gasteiger partial charge >= 0.3 is 0 Å². The summed E-state index contributed by atoms with van der Waals surface area (Å²) in [5, 5.41) is 12.9. The zero-order valence-corrected chi connectivity index (χ0v) is 12.8. The van der Waals surface area contributed by atoms with Gasteiger partial charge in [0.2, 0.25) is 0 Å². The lowest BCUT2D eigenvalue weighted by molar-refractivity contribution is 0.774. The van der Waals surface area contributed by atoms with Gasteiger partial charge < -0.3 is 5.32 Å². The number of benzene rings is 3. The van der Waals surface area contributed by atoms with Crippen molar-refractivity contribution in [3.8, 4) is 6.07 Å². The van der Waals surface area contributed by atoms with Crippen molar-refractivity contribution in [3.63, 3.8) is 0 Å². The molecule has 2 heteroatoms. The van der Waals surface area contributed by atoms with E-state index in [1.807, 2.05) is 60.7 Å². The molecule has 23 heavy (non-hydrogen) atoms. The van der Waals surface area contributed by atoms with Gasteiger partial charge in [0, 0.05) is 5.69 Å². The average Bonchev–Trinajstić information content (AvgIpc) is 2.63. The molecule has 0 aromatic heterocycles. The smallest absolute Gasteiger partial charge is 0.0994 e. The molecule has 0 aliphatic heterocycles. The Hall–Kier alpha value is -3.05. The monoisotopic (exact) mass is 298 g/mol. The van der Waals surface area contributed by atoms with Crippen LogP contribution in [-0.4, -0.2) is 0 Å². The third-order valence-electron chi connectivity index (χ3n) is 3.88. The van der Waals surface area contributed by atoms with Gasteiger partial charge in [0.05, 0.1) is 17.7 Å². The Morgan fingerprint density at radius 3 is 2.09 bits per heavy atom. The zero-order chi connectivity index (χ0) is 15.9. The van der Waals surface area contributed by atoms with Gasteiger partial charge in [-0.15, -0.1) is 0 Å². The van der Waals surface area contributed by atoms with E-state index in [0.29, 0.717) is 0 Å². The van der Waals surface area contributed by atoms with Gasteiger partial charge in [-0.1, -0.05) is 66.7 Å². The van der Waals surface area contributed by atoms with Crippen LogP contribution in [0, 0.1) is 11.3 Å². The molecule has 3 aromatic carbocycles. The van der Waals surface area contributed by atoms with E-state index in [2.05, 4.69) is 35.7 Å². The standard InChI is InChI=1S/C21H18N2/c22-16-19-12-8-7-11-18(19)15-21(17-9-3-1-4-10-17)23-20-13-5-2-6-14-20/h1-14,21,23H,15H2. The lowest BCUT2D eigenvalue weighted by Crippen LogP contribution is -2.14. The number of rotatable bonds is 5. The Morgan fingerprint density at radius 1 is 0.783 bits per heavy atom. The van der Waals surface area contributed by atoms with Gasteiger partial charge in [-0.05, 0) is 35.7 Å². The molecular weight excluding hydrogens is 280 g/mol. The van der Waals surface area contributed by atoms with Crippen molar-refractivity contribution in [1.82, 2.24) is 0 Å². The van der Waals surface area contributed by atoms with Crippen LogP contribution >= 0.6 is 0 Å². The van der Waals surface area contributed by atoms with Crippen LogP contribution in [-0.2, 0) is 6.42 Å². The Balaban J connectivity index is 1.91. The molecule has 3 aromatic rings. The topological polar surface area (TPSA) is 35.8 Å². The minimum absolute atomic E-state index is 0.119. The summed E-state index contributed by atoms with van der Waals surface area (Å²) < 4.78 is 0. The molecule has 0 saturated carbocycles. The highest BCUT2D eigenvalue weighted by Crippen LogP contribution is 2.24. The molecule has 0 amide bonds. The second kappa shape index (κ2) is 7.29. The number of nitrogens with one attached hydrogen (secondary N) is 1. The Kier molecular flexibility index (Phi) is 4.71. The molecular formula is C21H18N2. The van der Waals surface area contributed by atoms with E-state index in [0.717, 1.165) is 23.2 Å². The highest BCUT2D eigenvalue weighted by atomic mass is 14.9. The van der Waals surface area contributed by atoms with E-state index >= 15 is 0 Å². The van der Waals surface area contributed by atoms with Gasteiger partial charge in [0.15, 0.2) is 0 Å². The summed E-state index contributed by atoms with van der Waals surface area (Å²) in [4.78, 5) is 0. The molecule has 0 saturated heterocycles. The molecule has 0 spiro atoms. The molecule has 3 rings (SSSR count). The van der Waals surface area contributed by atoms with Crippen molar-refractivity contribution in [2.24, 2.45) is 0 Å². The maximum absolute atomic E-state index is 9.32. The molecule has 0 radical (unpaired) electrons. The lowest BCUT2D eigenvalue weighted by Gasteiger charge is -2.21. The molecule has 0 heterocycles. The third-order valence-corrected chi connectivity index (χ3v) is 3.88. The number of nitrogens with zero attached hydrogens (tertiary/aromatic N) is 1. The van der Waals surface area contributed by atoms with E-state index in [1.54, 1.807) is 0 Å². The molecule has 0 fully saturated rings. The highest BCUT2D eigenvalue weighted by molar-refractivity contribution is 5.47. The Morgan fingerprint density at radius 2 is 1.39 bits per heavy atom. The van der Waals surface area contributed by atoms with Crippen LogP contribution < -0.4 is 5.32 Å². The Bertz CT molecular complexity index is 789. The minimum Gasteiger partial charge on any atom is -0.378 e. The number of nitriles is 1. The van der Waals surface area contributed by atoms with Crippen LogP contribution in [0.2, 0.25) is 0 Å². The molecule has 2 nitrogen and oxygen atoms in total. The van der Waals surface area contributed by atoms with Crippen LogP contribution in [0.15, 0.2) is 84.9 Å². The quantitative estimate of drug-likeness (QED) is 0.723. The minimum atomic E-state index is 0.119. The molecule has 1 atom stereocenters. The van der Waals surface area contributed by atoms with Crippen LogP contribution in [0.25, 0.3) is 0 Å². The number of anilines is 1. The fraction of sp³-hybridized carbons (Fsp3) is 0.0952. The summed E-state index contributed by atoms with van der Waals surface area (Å²) in [5.41, 5.74) is 4.09. The van der Waals surface area contributed by atoms with E-state index < -0.39 is 0 Å². The summed E-state index contributed by atoms with van der Waals surface area (Å²) in [6, 6.07) is 30.7. The van der Waals surface area contributed by atoms with Gasteiger partial charge in [-0.2, -0.15) is 5.26 Å². The van der Waals surface area contributed by atoms with Gasteiger partial charge in [-0.25, -0.2) is 0 Å². The molecule has 0 bridgehead atoms. The summed E-state index contributed by atoms with van der Waals surface area (Å²) in [6.45, 7) is 0. The Labute approximate surface area is 137 Å². The zero-order valence-electron chi connectivity index (χ0n) is 12.8. The molecule has 1 N–H and O–H groups in total. The first-order chi connectivity index (χ1) is 11.4. The van der Waals surface area contributed by atoms with E-state index in [9.17, 15) is 5.26 Å². The summed E-state index contributed by atoms with van der Waals surface area (Å²) in [7, 11) is 0. The number of para-hydroxylation sites is 1. The normalized spacial score (nSPS) is 11.4. The SMILES string of the molecule is N#Cc1ccccc1CC(Nc1ccccc1)c1ccccc1. The molecule has 0 aliphatic rings. The second-order valence-corrected chi connectivity index (χ2v) is 5.45. The third kappa shape index (κ3) is 3.78. The van der Waals surface area contributed by atoms with Crippen molar-refractivity contribution < 1.29 is 0 Å². The number of hydrogen-bond acceptors (Lipinski definition) is 2. The van der Waals surface area contributed by atoms with E-state index in [4.69, 9.17) is 0 Å². The van der Waals surface area contributed by atoms with E-state index in [1.165, 1.54) is 5.56 Å². The number of hydrogen-bond donors (Lipinski definition) is 1. The predicted molar refractivity (Wildman–Crippen MR) is 94.1 cm³/mol. The fourth-order valence-corrected chi connectivity index (χ4v) is 2.70. The maximum atomic E-state index is 9.32. The maximum Gasteiger partial charge on any atom is 0.0994 e. The van der Waals surface area contributed by atoms with Crippen molar-refractivity contribution in [1.29, 1.82) is 5.26 Å². The second-order valence-electron chi connectivity index (χ2n) is 5.45.